The number of carbonyl (C=O) groups excluding carboxylic acids is 1. The summed E-state index contributed by atoms with van der Waals surface area (Å²) in [5.41, 5.74) is 1.06. The van der Waals surface area contributed by atoms with Gasteiger partial charge in [-0.3, -0.25) is 9.10 Å². The van der Waals surface area contributed by atoms with Gasteiger partial charge in [0.1, 0.15) is 17.5 Å². The molecule has 0 aliphatic carbocycles. The van der Waals surface area contributed by atoms with Crippen LogP contribution in [-0.4, -0.2) is 40.8 Å². The second-order valence-corrected chi connectivity index (χ2v) is 8.79. The van der Waals surface area contributed by atoms with Crippen molar-refractivity contribution in [3.05, 3.63) is 53.1 Å². The van der Waals surface area contributed by atoms with E-state index in [1.165, 1.54) is 20.1 Å². The summed E-state index contributed by atoms with van der Waals surface area (Å²) in [5.74, 6) is 0.585. The molecule has 0 saturated heterocycles. The van der Waals surface area contributed by atoms with Crippen LogP contribution in [0, 0.1) is 0 Å². The molecule has 0 heterocycles. The van der Waals surface area contributed by atoms with Crippen molar-refractivity contribution in [1.82, 2.24) is 5.32 Å². The maximum absolute atomic E-state index is 12.9. The number of methoxy groups -OCH3 is 2. The van der Waals surface area contributed by atoms with Crippen LogP contribution in [0.2, 0.25) is 5.02 Å². The SMILES string of the molecule is COc1ccc(N([C@H](C)C(=O)N[C@H](C)c2ccccc2OC)S(C)(=O)=O)cc1Cl. The summed E-state index contributed by atoms with van der Waals surface area (Å²) in [6.45, 7) is 3.32. The van der Waals surface area contributed by atoms with E-state index < -0.39 is 22.0 Å². The van der Waals surface area contributed by atoms with E-state index in [9.17, 15) is 13.2 Å². The molecule has 0 spiro atoms. The first kappa shape index (κ1) is 22.8. The van der Waals surface area contributed by atoms with Crippen LogP contribution < -0.4 is 19.1 Å². The van der Waals surface area contributed by atoms with Gasteiger partial charge in [-0.2, -0.15) is 0 Å². The van der Waals surface area contributed by atoms with E-state index in [1.54, 1.807) is 32.2 Å². The molecule has 2 rings (SSSR count). The number of anilines is 1. The largest absolute Gasteiger partial charge is 0.496 e. The zero-order valence-electron chi connectivity index (χ0n) is 17.0. The minimum absolute atomic E-state index is 0.244. The Hall–Kier alpha value is -2.45. The van der Waals surface area contributed by atoms with Crippen molar-refractivity contribution in [3.63, 3.8) is 0 Å². The van der Waals surface area contributed by atoms with Gasteiger partial charge in [-0.15, -0.1) is 0 Å². The summed E-state index contributed by atoms with van der Waals surface area (Å²) < 4.78 is 36.4. The summed E-state index contributed by atoms with van der Waals surface area (Å²) in [4.78, 5) is 12.9. The summed E-state index contributed by atoms with van der Waals surface area (Å²) in [7, 11) is -0.750. The van der Waals surface area contributed by atoms with Gasteiger partial charge in [-0.1, -0.05) is 29.8 Å². The van der Waals surface area contributed by atoms with Gasteiger partial charge < -0.3 is 14.8 Å². The number of hydrogen-bond donors (Lipinski definition) is 1. The van der Waals surface area contributed by atoms with Gasteiger partial charge in [0.2, 0.25) is 15.9 Å². The molecule has 29 heavy (non-hydrogen) atoms. The number of nitrogens with zero attached hydrogens (tertiary/aromatic N) is 1. The minimum Gasteiger partial charge on any atom is -0.496 e. The summed E-state index contributed by atoms with van der Waals surface area (Å²) in [5, 5.41) is 3.09. The van der Waals surface area contributed by atoms with Crippen LogP contribution in [0.4, 0.5) is 5.69 Å². The van der Waals surface area contributed by atoms with Crippen LogP contribution in [0.25, 0.3) is 0 Å². The summed E-state index contributed by atoms with van der Waals surface area (Å²) >= 11 is 6.14. The van der Waals surface area contributed by atoms with Gasteiger partial charge >= 0.3 is 0 Å². The van der Waals surface area contributed by atoms with Gasteiger partial charge in [0, 0.05) is 5.56 Å². The van der Waals surface area contributed by atoms with Crippen molar-refractivity contribution in [2.45, 2.75) is 25.9 Å². The molecule has 2 atom stereocenters. The molecule has 0 aliphatic rings. The molecule has 0 radical (unpaired) electrons. The molecule has 7 nitrogen and oxygen atoms in total. The number of rotatable bonds is 8. The lowest BCUT2D eigenvalue weighted by molar-refractivity contribution is -0.122. The molecule has 0 aromatic heterocycles. The number of para-hydroxylation sites is 1. The van der Waals surface area contributed by atoms with E-state index in [0.717, 1.165) is 16.1 Å². The van der Waals surface area contributed by atoms with Crippen molar-refractivity contribution < 1.29 is 22.7 Å². The highest BCUT2D eigenvalue weighted by Gasteiger charge is 2.30. The van der Waals surface area contributed by atoms with E-state index >= 15 is 0 Å². The van der Waals surface area contributed by atoms with Gasteiger partial charge in [-0.05, 0) is 38.1 Å². The van der Waals surface area contributed by atoms with Crippen LogP contribution in [0.3, 0.4) is 0 Å². The number of benzene rings is 2. The fraction of sp³-hybridized carbons (Fsp3) is 0.350. The Bertz CT molecular complexity index is 981. The fourth-order valence-corrected chi connectivity index (χ4v) is 4.46. The van der Waals surface area contributed by atoms with Crippen LogP contribution in [0.15, 0.2) is 42.5 Å². The monoisotopic (exact) mass is 440 g/mol. The third kappa shape index (κ3) is 5.33. The van der Waals surface area contributed by atoms with Crippen molar-refractivity contribution in [2.75, 3.05) is 24.8 Å². The summed E-state index contributed by atoms with van der Waals surface area (Å²) in [6, 6.07) is 10.5. The van der Waals surface area contributed by atoms with Crippen LogP contribution in [0.5, 0.6) is 11.5 Å². The predicted molar refractivity (Wildman–Crippen MR) is 114 cm³/mol. The number of sulfonamides is 1. The van der Waals surface area contributed by atoms with E-state index in [1.807, 2.05) is 18.2 Å². The molecule has 0 saturated carbocycles. The molecule has 2 aromatic rings. The van der Waals surface area contributed by atoms with E-state index in [-0.39, 0.29) is 16.8 Å². The van der Waals surface area contributed by atoms with Gasteiger partial charge in [0.25, 0.3) is 0 Å². The Morgan fingerprint density at radius 1 is 1.07 bits per heavy atom. The highest BCUT2D eigenvalue weighted by Crippen LogP contribution is 2.31. The lowest BCUT2D eigenvalue weighted by atomic mass is 10.1. The Kier molecular flexibility index (Phi) is 7.37. The van der Waals surface area contributed by atoms with Gasteiger partial charge in [-0.25, -0.2) is 8.42 Å². The first-order valence-electron chi connectivity index (χ1n) is 8.86. The molecule has 0 bridgehead atoms. The molecule has 0 fully saturated rings. The normalized spacial score (nSPS) is 13.3. The molecule has 9 heteroatoms. The van der Waals surface area contributed by atoms with E-state index in [0.29, 0.717) is 11.5 Å². The zero-order chi connectivity index (χ0) is 21.8. The first-order valence-corrected chi connectivity index (χ1v) is 11.1. The highest BCUT2D eigenvalue weighted by molar-refractivity contribution is 7.92. The zero-order valence-corrected chi connectivity index (χ0v) is 18.5. The molecular formula is C20H25ClN2O5S. The van der Waals surface area contributed by atoms with Crippen molar-refractivity contribution >= 4 is 33.2 Å². The van der Waals surface area contributed by atoms with Gasteiger partial charge in [0.15, 0.2) is 0 Å². The highest BCUT2D eigenvalue weighted by atomic mass is 35.5. The maximum Gasteiger partial charge on any atom is 0.244 e. The molecule has 1 N–H and O–H groups in total. The standard InChI is InChI=1S/C20H25ClN2O5S/c1-13(16-8-6-7-9-18(16)27-3)22-20(24)14(2)23(29(5,25)26)15-10-11-19(28-4)17(21)12-15/h6-14H,1-5H3,(H,22,24)/t13-,14-/m1/s1. The average Bonchev–Trinajstić information content (AvgIpc) is 2.66. The summed E-state index contributed by atoms with van der Waals surface area (Å²) in [6.07, 6.45) is 1.04. The average molecular weight is 441 g/mol. The molecular weight excluding hydrogens is 416 g/mol. The molecule has 1 amide bonds. The number of ether oxygens (including phenoxy) is 2. The third-order valence-corrected chi connectivity index (χ3v) is 5.98. The lowest BCUT2D eigenvalue weighted by Crippen LogP contribution is -2.48. The Balaban J connectivity index is 2.31. The van der Waals surface area contributed by atoms with E-state index in [4.69, 9.17) is 21.1 Å². The number of hydrogen-bond acceptors (Lipinski definition) is 5. The number of carbonyl (C=O) groups is 1. The first-order chi connectivity index (χ1) is 13.6. The second-order valence-electron chi connectivity index (χ2n) is 6.53. The Morgan fingerprint density at radius 3 is 2.24 bits per heavy atom. The number of amides is 1. The van der Waals surface area contributed by atoms with E-state index in [2.05, 4.69) is 5.32 Å². The number of halogens is 1. The van der Waals surface area contributed by atoms with Crippen LogP contribution >= 0.6 is 11.6 Å². The van der Waals surface area contributed by atoms with Crippen molar-refractivity contribution in [1.29, 1.82) is 0 Å². The fourth-order valence-electron chi connectivity index (χ4n) is 3.04. The van der Waals surface area contributed by atoms with Gasteiger partial charge in [0.05, 0.1) is 37.2 Å². The second kappa shape index (κ2) is 9.37. The quantitative estimate of drug-likeness (QED) is 0.680. The predicted octanol–water partition coefficient (Wildman–Crippen LogP) is 3.39. The van der Waals surface area contributed by atoms with Crippen molar-refractivity contribution in [2.24, 2.45) is 0 Å². The lowest BCUT2D eigenvalue weighted by Gasteiger charge is -2.29. The number of nitrogens with one attached hydrogen (secondary N) is 1. The smallest absolute Gasteiger partial charge is 0.244 e. The van der Waals surface area contributed by atoms with Crippen LogP contribution in [0.1, 0.15) is 25.5 Å². The van der Waals surface area contributed by atoms with Crippen LogP contribution in [-0.2, 0) is 14.8 Å². The molecule has 0 aliphatic heterocycles. The molecule has 2 aromatic carbocycles. The molecule has 0 unspecified atom stereocenters. The Labute approximate surface area is 176 Å². The topological polar surface area (TPSA) is 84.9 Å². The third-order valence-electron chi connectivity index (χ3n) is 4.44. The van der Waals surface area contributed by atoms with Crippen molar-refractivity contribution in [3.8, 4) is 11.5 Å². The molecule has 158 valence electrons. The Morgan fingerprint density at radius 2 is 1.69 bits per heavy atom. The minimum atomic E-state index is -3.76. The maximum atomic E-state index is 12.9.